The molecule has 1 heterocycles. The SMILES string of the molecule is CC1(C)OC[C@H](/C=C\C=O)O1. The van der Waals surface area contributed by atoms with Crippen molar-refractivity contribution < 1.29 is 14.3 Å². The van der Waals surface area contributed by atoms with E-state index in [4.69, 9.17) is 9.47 Å². The van der Waals surface area contributed by atoms with Crippen LogP contribution in [-0.4, -0.2) is 24.8 Å². The fourth-order valence-corrected chi connectivity index (χ4v) is 0.980. The molecule has 1 aliphatic heterocycles. The maximum Gasteiger partial charge on any atom is 0.163 e. The van der Waals surface area contributed by atoms with E-state index in [1.54, 1.807) is 6.08 Å². The summed E-state index contributed by atoms with van der Waals surface area (Å²) < 4.78 is 10.6. The van der Waals surface area contributed by atoms with E-state index in [1.165, 1.54) is 6.08 Å². The van der Waals surface area contributed by atoms with E-state index < -0.39 is 5.79 Å². The summed E-state index contributed by atoms with van der Waals surface area (Å²) >= 11 is 0. The molecule has 3 heteroatoms. The molecule has 1 saturated heterocycles. The second kappa shape index (κ2) is 3.15. The fraction of sp³-hybridized carbons (Fsp3) is 0.625. The van der Waals surface area contributed by atoms with Gasteiger partial charge in [0, 0.05) is 0 Å². The first kappa shape index (κ1) is 8.43. The van der Waals surface area contributed by atoms with Gasteiger partial charge in [0.2, 0.25) is 0 Å². The van der Waals surface area contributed by atoms with Gasteiger partial charge in [-0.3, -0.25) is 4.79 Å². The lowest BCUT2D eigenvalue weighted by Gasteiger charge is -2.15. The van der Waals surface area contributed by atoms with Gasteiger partial charge in [0.25, 0.3) is 0 Å². The first-order chi connectivity index (χ1) is 5.14. The van der Waals surface area contributed by atoms with Gasteiger partial charge in [-0.25, -0.2) is 0 Å². The average molecular weight is 156 g/mol. The van der Waals surface area contributed by atoms with Gasteiger partial charge in [-0.2, -0.15) is 0 Å². The van der Waals surface area contributed by atoms with Crippen LogP contribution in [-0.2, 0) is 14.3 Å². The van der Waals surface area contributed by atoms with Crippen LogP contribution in [0.3, 0.4) is 0 Å². The Morgan fingerprint density at radius 2 is 2.27 bits per heavy atom. The molecule has 62 valence electrons. The predicted molar refractivity (Wildman–Crippen MR) is 40.1 cm³/mol. The Labute approximate surface area is 66.0 Å². The first-order valence-electron chi connectivity index (χ1n) is 3.58. The summed E-state index contributed by atoms with van der Waals surface area (Å²) in [7, 11) is 0. The molecule has 0 N–H and O–H groups in total. The van der Waals surface area contributed by atoms with E-state index in [1.807, 2.05) is 13.8 Å². The van der Waals surface area contributed by atoms with Crippen LogP contribution in [0.15, 0.2) is 12.2 Å². The minimum absolute atomic E-state index is 0.0739. The average Bonchev–Trinajstić information content (AvgIpc) is 2.26. The molecule has 0 aromatic heterocycles. The topological polar surface area (TPSA) is 35.5 Å². The second-order valence-electron chi connectivity index (χ2n) is 2.89. The number of carbonyl (C=O) groups excluding carboxylic acids is 1. The van der Waals surface area contributed by atoms with Gasteiger partial charge in [-0.05, 0) is 19.9 Å². The van der Waals surface area contributed by atoms with Crippen LogP contribution < -0.4 is 0 Å². The van der Waals surface area contributed by atoms with E-state index in [9.17, 15) is 4.79 Å². The third kappa shape index (κ3) is 2.44. The molecule has 0 spiro atoms. The van der Waals surface area contributed by atoms with Gasteiger partial charge >= 0.3 is 0 Å². The smallest absolute Gasteiger partial charge is 0.163 e. The van der Waals surface area contributed by atoms with Crippen LogP contribution in [0.2, 0.25) is 0 Å². The monoisotopic (exact) mass is 156 g/mol. The Morgan fingerprint density at radius 1 is 1.55 bits per heavy atom. The van der Waals surface area contributed by atoms with Gasteiger partial charge in [0.15, 0.2) is 5.79 Å². The van der Waals surface area contributed by atoms with Crippen molar-refractivity contribution in [3.8, 4) is 0 Å². The molecular weight excluding hydrogens is 144 g/mol. The van der Waals surface area contributed by atoms with E-state index in [2.05, 4.69) is 0 Å². The number of ether oxygens (including phenoxy) is 2. The van der Waals surface area contributed by atoms with Crippen LogP contribution in [0, 0.1) is 0 Å². The highest BCUT2D eigenvalue weighted by Crippen LogP contribution is 2.22. The summed E-state index contributed by atoms with van der Waals surface area (Å²) in [6.07, 6.45) is 3.78. The molecule has 0 aromatic rings. The van der Waals surface area contributed by atoms with Crippen LogP contribution in [0.5, 0.6) is 0 Å². The fourth-order valence-electron chi connectivity index (χ4n) is 0.980. The van der Waals surface area contributed by atoms with Crippen molar-refractivity contribution in [3.63, 3.8) is 0 Å². The molecule has 1 aliphatic rings. The lowest BCUT2D eigenvalue weighted by molar-refractivity contribution is -0.133. The van der Waals surface area contributed by atoms with E-state index >= 15 is 0 Å². The lowest BCUT2D eigenvalue weighted by Crippen LogP contribution is -2.20. The van der Waals surface area contributed by atoms with Crippen molar-refractivity contribution >= 4 is 6.29 Å². The van der Waals surface area contributed by atoms with Crippen LogP contribution in [0.25, 0.3) is 0 Å². The summed E-state index contributed by atoms with van der Waals surface area (Å²) in [6, 6.07) is 0. The van der Waals surface area contributed by atoms with Crippen LogP contribution in [0.4, 0.5) is 0 Å². The summed E-state index contributed by atoms with van der Waals surface area (Å²) in [5.41, 5.74) is 0. The Morgan fingerprint density at radius 3 is 2.73 bits per heavy atom. The van der Waals surface area contributed by atoms with Crippen molar-refractivity contribution in [1.29, 1.82) is 0 Å². The minimum Gasteiger partial charge on any atom is -0.347 e. The lowest BCUT2D eigenvalue weighted by atomic mass is 10.3. The second-order valence-corrected chi connectivity index (χ2v) is 2.89. The summed E-state index contributed by atoms with van der Waals surface area (Å²) in [5.74, 6) is -0.502. The summed E-state index contributed by atoms with van der Waals surface area (Å²) in [6.45, 7) is 4.22. The molecule has 1 fully saturated rings. The van der Waals surface area contributed by atoms with Gasteiger partial charge in [0.1, 0.15) is 12.4 Å². The highest BCUT2D eigenvalue weighted by molar-refractivity contribution is 5.64. The molecule has 3 nitrogen and oxygen atoms in total. The van der Waals surface area contributed by atoms with Crippen LogP contribution >= 0.6 is 0 Å². The number of aldehydes is 1. The third-order valence-electron chi connectivity index (χ3n) is 1.43. The highest BCUT2D eigenvalue weighted by atomic mass is 16.7. The van der Waals surface area contributed by atoms with Crippen molar-refractivity contribution in [1.82, 2.24) is 0 Å². The number of allylic oxidation sites excluding steroid dienone is 1. The number of hydrogen-bond donors (Lipinski definition) is 0. The summed E-state index contributed by atoms with van der Waals surface area (Å²) in [5, 5.41) is 0. The number of hydrogen-bond acceptors (Lipinski definition) is 3. The number of rotatable bonds is 2. The molecule has 0 aromatic carbocycles. The maximum atomic E-state index is 9.94. The number of carbonyl (C=O) groups is 1. The molecular formula is C8H12O3. The normalized spacial score (nSPS) is 29.5. The van der Waals surface area contributed by atoms with E-state index in [0.717, 1.165) is 6.29 Å². The van der Waals surface area contributed by atoms with Crippen molar-refractivity contribution in [2.75, 3.05) is 6.61 Å². The van der Waals surface area contributed by atoms with Gasteiger partial charge in [0.05, 0.1) is 6.61 Å². The minimum atomic E-state index is -0.502. The summed E-state index contributed by atoms with van der Waals surface area (Å²) in [4.78, 5) is 9.94. The van der Waals surface area contributed by atoms with Crippen molar-refractivity contribution in [3.05, 3.63) is 12.2 Å². The third-order valence-corrected chi connectivity index (χ3v) is 1.43. The Hall–Kier alpha value is -0.670. The molecule has 1 rings (SSSR count). The molecule has 0 saturated carbocycles. The van der Waals surface area contributed by atoms with Crippen LogP contribution in [0.1, 0.15) is 13.8 Å². The van der Waals surface area contributed by atoms with Gasteiger partial charge in [-0.1, -0.05) is 6.08 Å². The first-order valence-corrected chi connectivity index (χ1v) is 3.58. The zero-order valence-electron chi connectivity index (χ0n) is 6.74. The quantitative estimate of drug-likeness (QED) is 0.440. The standard InChI is InChI=1S/C8H12O3/c1-8(2)10-6-7(11-8)4-3-5-9/h3-5,7H,6H2,1-2H3/b4-3-/t7-/m0/s1. The molecule has 0 amide bonds. The molecule has 0 aliphatic carbocycles. The Kier molecular flexibility index (Phi) is 2.42. The predicted octanol–water partition coefficient (Wildman–Crippen LogP) is 0.893. The van der Waals surface area contributed by atoms with Gasteiger partial charge < -0.3 is 9.47 Å². The molecule has 1 atom stereocenters. The highest BCUT2D eigenvalue weighted by Gasteiger charge is 2.30. The Bertz CT molecular complexity index is 172. The Balaban J connectivity index is 2.42. The van der Waals surface area contributed by atoms with E-state index in [-0.39, 0.29) is 6.10 Å². The molecule has 0 unspecified atom stereocenters. The zero-order valence-corrected chi connectivity index (χ0v) is 6.74. The molecule has 0 bridgehead atoms. The molecule has 11 heavy (non-hydrogen) atoms. The maximum absolute atomic E-state index is 9.94. The van der Waals surface area contributed by atoms with Crippen molar-refractivity contribution in [2.45, 2.75) is 25.7 Å². The molecule has 0 radical (unpaired) electrons. The van der Waals surface area contributed by atoms with Gasteiger partial charge in [-0.15, -0.1) is 0 Å². The largest absolute Gasteiger partial charge is 0.347 e. The zero-order chi connectivity index (χ0) is 8.32. The van der Waals surface area contributed by atoms with Crippen molar-refractivity contribution in [2.24, 2.45) is 0 Å². The van der Waals surface area contributed by atoms with E-state index in [0.29, 0.717) is 6.61 Å².